The fraction of sp³-hybridized carbons (Fsp3) is 0.450. The Balaban J connectivity index is 1.61. The molecule has 1 unspecified atom stereocenters. The van der Waals surface area contributed by atoms with Crippen molar-refractivity contribution in [2.24, 2.45) is 0 Å². The first-order valence-electron chi connectivity index (χ1n) is 9.85. The fourth-order valence-corrected chi connectivity index (χ4v) is 3.69. The van der Waals surface area contributed by atoms with Crippen molar-refractivity contribution in [1.29, 1.82) is 0 Å². The molecule has 0 aliphatic carbocycles. The molecule has 3 aromatic rings. The van der Waals surface area contributed by atoms with Crippen LogP contribution in [0, 0.1) is 0 Å². The lowest BCUT2D eigenvalue weighted by atomic mass is 10.1. The van der Waals surface area contributed by atoms with Crippen LogP contribution in [-0.2, 0) is 11.3 Å². The van der Waals surface area contributed by atoms with E-state index in [0.29, 0.717) is 40.8 Å². The molecule has 0 spiro atoms. The van der Waals surface area contributed by atoms with E-state index in [-0.39, 0.29) is 0 Å². The van der Waals surface area contributed by atoms with Crippen LogP contribution >= 0.6 is 0 Å². The monoisotopic (exact) mass is 447 g/mol. The number of aliphatic hydroxyl groups is 3. The first kappa shape index (κ1) is 22.0. The highest BCUT2D eigenvalue weighted by molar-refractivity contribution is 5.82. The molecule has 12 heteroatoms. The molecule has 1 saturated heterocycles. The fourth-order valence-electron chi connectivity index (χ4n) is 3.69. The maximum absolute atomic E-state index is 10.3. The van der Waals surface area contributed by atoms with Crippen LogP contribution in [0.2, 0.25) is 0 Å². The van der Waals surface area contributed by atoms with Gasteiger partial charge in [-0.15, -0.1) is 0 Å². The number of benzene rings is 1. The average Bonchev–Trinajstić information content (AvgIpc) is 3.38. The first-order chi connectivity index (χ1) is 15.5. The van der Waals surface area contributed by atoms with Crippen LogP contribution in [-0.4, -0.2) is 81.1 Å². The number of rotatable bonds is 8. The van der Waals surface area contributed by atoms with E-state index in [1.165, 1.54) is 17.2 Å². The Morgan fingerprint density at radius 1 is 1.00 bits per heavy atom. The quantitative estimate of drug-likeness (QED) is 0.371. The Morgan fingerprint density at radius 3 is 2.38 bits per heavy atom. The van der Waals surface area contributed by atoms with E-state index in [1.807, 2.05) is 0 Å². The van der Waals surface area contributed by atoms with Crippen molar-refractivity contribution in [3.05, 3.63) is 30.4 Å². The van der Waals surface area contributed by atoms with E-state index in [1.54, 1.807) is 33.5 Å². The van der Waals surface area contributed by atoms with Crippen LogP contribution < -0.4 is 19.5 Å². The van der Waals surface area contributed by atoms with Crippen LogP contribution in [0.4, 0.5) is 5.82 Å². The van der Waals surface area contributed by atoms with E-state index in [4.69, 9.17) is 18.9 Å². The summed E-state index contributed by atoms with van der Waals surface area (Å²) in [5.41, 5.74) is 1.65. The molecule has 12 nitrogen and oxygen atoms in total. The summed E-state index contributed by atoms with van der Waals surface area (Å²) in [6.07, 6.45) is -1.51. The smallest absolute Gasteiger partial charge is 0.167 e. The van der Waals surface area contributed by atoms with E-state index < -0.39 is 31.1 Å². The molecule has 32 heavy (non-hydrogen) atoms. The Hall–Kier alpha value is -3.19. The van der Waals surface area contributed by atoms with Crippen molar-refractivity contribution in [3.8, 4) is 17.2 Å². The largest absolute Gasteiger partial charge is 0.496 e. The molecule has 3 heterocycles. The van der Waals surface area contributed by atoms with Gasteiger partial charge in [-0.05, 0) is 6.07 Å². The lowest BCUT2D eigenvalue weighted by molar-refractivity contribution is -0.0511. The maximum atomic E-state index is 10.3. The van der Waals surface area contributed by atoms with E-state index >= 15 is 0 Å². The maximum Gasteiger partial charge on any atom is 0.167 e. The van der Waals surface area contributed by atoms with Gasteiger partial charge in [0.25, 0.3) is 0 Å². The van der Waals surface area contributed by atoms with Crippen molar-refractivity contribution < 1.29 is 34.3 Å². The van der Waals surface area contributed by atoms with Crippen molar-refractivity contribution >= 4 is 17.0 Å². The Morgan fingerprint density at radius 2 is 1.72 bits per heavy atom. The first-order valence-corrected chi connectivity index (χ1v) is 9.85. The van der Waals surface area contributed by atoms with Gasteiger partial charge in [0, 0.05) is 18.2 Å². The molecule has 4 rings (SSSR count). The van der Waals surface area contributed by atoms with Gasteiger partial charge in [0.15, 0.2) is 34.7 Å². The Bertz CT molecular complexity index is 1090. The minimum Gasteiger partial charge on any atom is -0.496 e. The van der Waals surface area contributed by atoms with Gasteiger partial charge in [0.2, 0.25) is 0 Å². The summed E-state index contributed by atoms with van der Waals surface area (Å²) >= 11 is 0. The summed E-state index contributed by atoms with van der Waals surface area (Å²) in [6, 6.07) is 3.54. The number of fused-ring (bicyclic) bond motifs is 1. The number of nitrogens with zero attached hydrogens (tertiary/aromatic N) is 4. The topological polar surface area (TPSA) is 153 Å². The second-order valence-electron chi connectivity index (χ2n) is 7.15. The normalized spacial score (nSPS) is 22.8. The third-order valence-corrected chi connectivity index (χ3v) is 5.38. The number of anilines is 1. The predicted octanol–water partition coefficient (Wildman–Crippen LogP) is 0.0757. The third-order valence-electron chi connectivity index (χ3n) is 5.38. The zero-order valence-corrected chi connectivity index (χ0v) is 17.8. The van der Waals surface area contributed by atoms with Gasteiger partial charge in [-0.25, -0.2) is 15.0 Å². The van der Waals surface area contributed by atoms with Crippen molar-refractivity contribution in [2.75, 3.05) is 33.3 Å². The van der Waals surface area contributed by atoms with E-state index in [0.717, 1.165) is 5.56 Å². The highest BCUT2D eigenvalue weighted by Crippen LogP contribution is 2.35. The van der Waals surface area contributed by atoms with Gasteiger partial charge in [-0.1, -0.05) is 0 Å². The summed E-state index contributed by atoms with van der Waals surface area (Å²) in [7, 11) is 4.67. The third kappa shape index (κ3) is 3.77. The van der Waals surface area contributed by atoms with Gasteiger partial charge in [0.05, 0.1) is 34.3 Å². The van der Waals surface area contributed by atoms with Crippen LogP contribution in [0.5, 0.6) is 17.2 Å². The molecule has 172 valence electrons. The highest BCUT2D eigenvalue weighted by atomic mass is 16.6. The molecule has 0 radical (unpaired) electrons. The number of hydrogen-bond acceptors (Lipinski definition) is 11. The molecule has 1 aliphatic heterocycles. The molecule has 4 N–H and O–H groups in total. The van der Waals surface area contributed by atoms with E-state index in [9.17, 15) is 15.3 Å². The van der Waals surface area contributed by atoms with Gasteiger partial charge in [-0.2, -0.15) is 0 Å². The zero-order valence-electron chi connectivity index (χ0n) is 17.8. The van der Waals surface area contributed by atoms with Crippen molar-refractivity contribution in [2.45, 2.75) is 31.1 Å². The average molecular weight is 447 g/mol. The minimum absolute atomic E-state index is 0.344. The Labute approximate surface area is 183 Å². The summed E-state index contributed by atoms with van der Waals surface area (Å²) in [4.78, 5) is 12.9. The van der Waals surface area contributed by atoms with E-state index in [2.05, 4.69) is 20.3 Å². The van der Waals surface area contributed by atoms with Gasteiger partial charge in [-0.3, -0.25) is 4.57 Å². The number of methoxy groups -OCH3 is 3. The van der Waals surface area contributed by atoms with Gasteiger partial charge in [0.1, 0.15) is 30.4 Å². The number of nitrogens with one attached hydrogen (secondary N) is 1. The number of imidazole rings is 1. The lowest BCUT2D eigenvalue weighted by Crippen LogP contribution is -2.33. The molecule has 0 saturated carbocycles. The van der Waals surface area contributed by atoms with Gasteiger partial charge < -0.3 is 39.6 Å². The summed E-state index contributed by atoms with van der Waals surface area (Å²) in [6.45, 7) is -0.0767. The molecule has 1 fully saturated rings. The SMILES string of the molecule is COc1cc(OC)c(OC)cc1CNc1ncnc2c1ncn2C1O[C@H](CO)[C@@H](O)[C@H]1O. The van der Waals surface area contributed by atoms with Crippen LogP contribution in [0.25, 0.3) is 11.2 Å². The number of aromatic nitrogens is 4. The molecular formula is C20H25N5O7. The summed E-state index contributed by atoms with van der Waals surface area (Å²) < 4.78 is 23.2. The van der Waals surface area contributed by atoms with Crippen LogP contribution in [0.3, 0.4) is 0 Å². The molecule has 2 aromatic heterocycles. The molecular weight excluding hydrogens is 422 g/mol. The molecule has 4 atom stereocenters. The number of hydrogen-bond donors (Lipinski definition) is 4. The number of ether oxygens (including phenoxy) is 4. The second kappa shape index (κ2) is 9.12. The Kier molecular flexibility index (Phi) is 6.28. The summed E-state index contributed by atoms with van der Waals surface area (Å²) in [5.74, 6) is 2.18. The minimum atomic E-state index is -1.24. The molecule has 0 amide bonds. The molecule has 0 bridgehead atoms. The molecule has 1 aliphatic rings. The van der Waals surface area contributed by atoms with Crippen LogP contribution in [0.15, 0.2) is 24.8 Å². The van der Waals surface area contributed by atoms with Gasteiger partial charge >= 0.3 is 0 Å². The van der Waals surface area contributed by atoms with Crippen molar-refractivity contribution in [3.63, 3.8) is 0 Å². The second-order valence-corrected chi connectivity index (χ2v) is 7.15. The predicted molar refractivity (Wildman–Crippen MR) is 112 cm³/mol. The van der Waals surface area contributed by atoms with Crippen molar-refractivity contribution in [1.82, 2.24) is 19.5 Å². The lowest BCUT2D eigenvalue weighted by Gasteiger charge is -2.16. The number of aliphatic hydroxyl groups excluding tert-OH is 3. The van der Waals surface area contributed by atoms with Crippen LogP contribution in [0.1, 0.15) is 11.8 Å². The summed E-state index contributed by atoms with van der Waals surface area (Å²) in [5, 5.41) is 32.9. The molecule has 1 aromatic carbocycles. The highest BCUT2D eigenvalue weighted by Gasteiger charge is 2.44. The standard InChI is InChI=1S/C20H25N5O7/c1-29-11-5-13(31-3)12(30-2)4-10(11)6-21-18-15-19(23-8-22-18)25(9-24-15)20-17(28)16(27)14(7-26)32-20/h4-5,8-9,14,16-17,20,26-28H,6-7H2,1-3H3,(H,21,22,23)/t14-,16-,17-,20?/m1/s1. The zero-order chi connectivity index (χ0) is 22.8.